The molecule has 1 aliphatic rings. The summed E-state index contributed by atoms with van der Waals surface area (Å²) in [5.74, 6) is 0.572. The first-order valence-corrected chi connectivity index (χ1v) is 8.58. The highest BCUT2D eigenvalue weighted by molar-refractivity contribution is 5.69. The molecule has 0 spiro atoms. The number of ether oxygens (including phenoxy) is 1. The van der Waals surface area contributed by atoms with Crippen molar-refractivity contribution in [2.24, 2.45) is 5.92 Å². The van der Waals surface area contributed by atoms with Gasteiger partial charge in [0.2, 0.25) is 0 Å². The van der Waals surface area contributed by atoms with Crippen molar-refractivity contribution in [3.8, 4) is 0 Å². The van der Waals surface area contributed by atoms with Crippen molar-refractivity contribution >= 4 is 6.09 Å². The van der Waals surface area contributed by atoms with Crippen LogP contribution in [0.2, 0.25) is 0 Å². The van der Waals surface area contributed by atoms with Crippen LogP contribution in [0.4, 0.5) is 4.79 Å². The summed E-state index contributed by atoms with van der Waals surface area (Å²) in [6.45, 7) is 9.68. The van der Waals surface area contributed by atoms with Crippen LogP contribution in [-0.4, -0.2) is 30.3 Å². The Morgan fingerprint density at radius 3 is 2.65 bits per heavy atom. The predicted molar refractivity (Wildman–Crippen MR) is 93.5 cm³/mol. The monoisotopic (exact) mass is 318 g/mol. The van der Waals surface area contributed by atoms with Gasteiger partial charge < -0.3 is 15.4 Å². The number of piperidine rings is 1. The van der Waals surface area contributed by atoms with Crippen molar-refractivity contribution in [3.63, 3.8) is 0 Å². The summed E-state index contributed by atoms with van der Waals surface area (Å²) in [5, 5.41) is 6.67. The highest BCUT2D eigenvalue weighted by Crippen LogP contribution is 2.27. The van der Waals surface area contributed by atoms with Crippen LogP contribution in [-0.2, 0) is 11.2 Å². The molecule has 1 aromatic carbocycles. The van der Waals surface area contributed by atoms with Gasteiger partial charge in [0, 0.05) is 6.54 Å². The average molecular weight is 318 g/mol. The smallest absolute Gasteiger partial charge is 0.408 e. The zero-order chi connectivity index (χ0) is 16.9. The van der Waals surface area contributed by atoms with E-state index in [1.807, 2.05) is 39.0 Å². The molecular weight excluding hydrogens is 288 g/mol. The van der Waals surface area contributed by atoms with E-state index in [0.29, 0.717) is 5.92 Å². The van der Waals surface area contributed by atoms with Crippen molar-refractivity contribution in [3.05, 3.63) is 35.9 Å². The highest BCUT2D eigenvalue weighted by atomic mass is 16.6. The van der Waals surface area contributed by atoms with E-state index in [-0.39, 0.29) is 11.6 Å². The minimum absolute atomic E-state index is 0.289. The molecule has 1 amide bonds. The maximum atomic E-state index is 12.4. The number of carbonyl (C=O) groups is 1. The number of hydrogen-bond donors (Lipinski definition) is 2. The summed E-state index contributed by atoms with van der Waals surface area (Å²) in [4.78, 5) is 12.4. The number of alkyl carbamates (subject to hydrolysis) is 1. The zero-order valence-corrected chi connectivity index (χ0v) is 14.8. The standard InChI is InChI=1S/C19H30N2O2/c1-5-15-11-19(14-20-13-15,12-16-9-7-6-8-10-16)21-17(22)23-18(2,3)4/h6-10,15,20H,5,11-14H2,1-4H3,(H,21,22)/t15-,19-/m0/s1. The van der Waals surface area contributed by atoms with E-state index in [2.05, 4.69) is 29.7 Å². The van der Waals surface area contributed by atoms with Gasteiger partial charge in [-0.1, -0.05) is 43.7 Å². The van der Waals surface area contributed by atoms with Crippen LogP contribution < -0.4 is 10.6 Å². The molecule has 128 valence electrons. The fourth-order valence-corrected chi connectivity index (χ4v) is 3.28. The topological polar surface area (TPSA) is 50.4 Å². The molecule has 0 aliphatic carbocycles. The molecule has 2 N–H and O–H groups in total. The molecule has 0 unspecified atom stereocenters. The Morgan fingerprint density at radius 1 is 1.35 bits per heavy atom. The van der Waals surface area contributed by atoms with E-state index in [9.17, 15) is 4.79 Å². The van der Waals surface area contributed by atoms with Gasteiger partial charge in [-0.05, 0) is 51.6 Å². The molecule has 23 heavy (non-hydrogen) atoms. The number of amides is 1. The van der Waals surface area contributed by atoms with Gasteiger partial charge in [0.1, 0.15) is 5.60 Å². The largest absolute Gasteiger partial charge is 0.444 e. The molecule has 1 aliphatic heterocycles. The van der Waals surface area contributed by atoms with Gasteiger partial charge in [-0.15, -0.1) is 0 Å². The minimum atomic E-state index is -0.482. The van der Waals surface area contributed by atoms with Crippen LogP contribution in [0.1, 0.15) is 46.1 Å². The van der Waals surface area contributed by atoms with Crippen molar-refractivity contribution in [2.75, 3.05) is 13.1 Å². The van der Waals surface area contributed by atoms with Crippen molar-refractivity contribution in [2.45, 2.75) is 58.1 Å². The summed E-state index contributed by atoms with van der Waals surface area (Å²) < 4.78 is 5.49. The molecule has 0 radical (unpaired) electrons. The summed E-state index contributed by atoms with van der Waals surface area (Å²) in [7, 11) is 0. The Bertz CT molecular complexity index is 510. The fraction of sp³-hybridized carbons (Fsp3) is 0.632. The van der Waals surface area contributed by atoms with E-state index in [4.69, 9.17) is 4.74 Å². The summed E-state index contributed by atoms with van der Waals surface area (Å²) in [6, 6.07) is 10.3. The Morgan fingerprint density at radius 2 is 2.04 bits per heavy atom. The molecule has 2 rings (SSSR count). The average Bonchev–Trinajstić information content (AvgIpc) is 2.46. The lowest BCUT2D eigenvalue weighted by Crippen LogP contribution is -2.61. The van der Waals surface area contributed by atoms with E-state index in [0.717, 1.165) is 32.4 Å². The van der Waals surface area contributed by atoms with Gasteiger partial charge >= 0.3 is 6.09 Å². The lowest BCUT2D eigenvalue weighted by molar-refractivity contribution is 0.0413. The van der Waals surface area contributed by atoms with Gasteiger partial charge in [-0.2, -0.15) is 0 Å². The molecule has 4 nitrogen and oxygen atoms in total. The van der Waals surface area contributed by atoms with Gasteiger partial charge in [0.05, 0.1) is 5.54 Å². The Labute approximate surface area is 140 Å². The maximum absolute atomic E-state index is 12.4. The second kappa shape index (κ2) is 7.35. The third-order valence-corrected chi connectivity index (χ3v) is 4.30. The van der Waals surface area contributed by atoms with Crippen LogP contribution in [0, 0.1) is 5.92 Å². The normalized spacial score (nSPS) is 25.0. The van der Waals surface area contributed by atoms with Gasteiger partial charge in [-0.25, -0.2) is 4.79 Å². The number of hydrogen-bond acceptors (Lipinski definition) is 3. The molecular formula is C19H30N2O2. The van der Waals surface area contributed by atoms with Crippen LogP contribution in [0.15, 0.2) is 30.3 Å². The van der Waals surface area contributed by atoms with Gasteiger partial charge in [0.25, 0.3) is 0 Å². The van der Waals surface area contributed by atoms with Crippen LogP contribution in [0.3, 0.4) is 0 Å². The molecule has 1 heterocycles. The van der Waals surface area contributed by atoms with Crippen molar-refractivity contribution < 1.29 is 9.53 Å². The van der Waals surface area contributed by atoms with E-state index in [1.165, 1.54) is 5.56 Å². The number of rotatable bonds is 4. The molecule has 0 aromatic heterocycles. The second-order valence-electron chi connectivity index (χ2n) is 7.68. The Hall–Kier alpha value is -1.55. The van der Waals surface area contributed by atoms with Crippen LogP contribution >= 0.6 is 0 Å². The van der Waals surface area contributed by atoms with Gasteiger partial charge in [-0.3, -0.25) is 0 Å². The fourth-order valence-electron chi connectivity index (χ4n) is 3.28. The minimum Gasteiger partial charge on any atom is -0.444 e. The van der Waals surface area contributed by atoms with E-state index in [1.54, 1.807) is 0 Å². The Kier molecular flexibility index (Phi) is 5.69. The highest BCUT2D eigenvalue weighted by Gasteiger charge is 2.38. The SMILES string of the molecule is CC[C@@H]1CNC[C@](Cc2ccccc2)(NC(=O)OC(C)(C)C)C1. The molecule has 0 bridgehead atoms. The lowest BCUT2D eigenvalue weighted by atomic mass is 9.78. The van der Waals surface area contributed by atoms with Crippen LogP contribution in [0.25, 0.3) is 0 Å². The third-order valence-electron chi connectivity index (χ3n) is 4.30. The first-order valence-electron chi connectivity index (χ1n) is 8.58. The maximum Gasteiger partial charge on any atom is 0.408 e. The number of nitrogens with one attached hydrogen (secondary N) is 2. The molecule has 1 fully saturated rings. The molecule has 2 atom stereocenters. The first-order chi connectivity index (χ1) is 10.8. The lowest BCUT2D eigenvalue weighted by Gasteiger charge is -2.42. The zero-order valence-electron chi connectivity index (χ0n) is 14.8. The van der Waals surface area contributed by atoms with Crippen molar-refractivity contribution in [1.29, 1.82) is 0 Å². The van der Waals surface area contributed by atoms with Crippen LogP contribution in [0.5, 0.6) is 0 Å². The molecule has 0 saturated carbocycles. The first kappa shape index (κ1) is 17.8. The van der Waals surface area contributed by atoms with Gasteiger partial charge in [0.15, 0.2) is 0 Å². The molecule has 1 saturated heterocycles. The molecule has 4 heteroatoms. The third kappa shape index (κ3) is 5.54. The molecule has 1 aromatic rings. The van der Waals surface area contributed by atoms with E-state index >= 15 is 0 Å². The number of carbonyl (C=O) groups excluding carboxylic acids is 1. The van der Waals surface area contributed by atoms with E-state index < -0.39 is 5.60 Å². The summed E-state index contributed by atoms with van der Waals surface area (Å²) >= 11 is 0. The number of benzene rings is 1. The van der Waals surface area contributed by atoms with Crippen molar-refractivity contribution in [1.82, 2.24) is 10.6 Å². The summed E-state index contributed by atoms with van der Waals surface area (Å²) in [6.07, 6.45) is 2.58. The summed E-state index contributed by atoms with van der Waals surface area (Å²) in [5.41, 5.74) is 0.467. The second-order valence-corrected chi connectivity index (χ2v) is 7.68. The Balaban J connectivity index is 2.15. The predicted octanol–water partition coefficient (Wildman–Crippen LogP) is 3.51. The quantitative estimate of drug-likeness (QED) is 0.893.